The lowest BCUT2D eigenvalue weighted by atomic mass is 9.96. The third-order valence-corrected chi connectivity index (χ3v) is 3.46. The van der Waals surface area contributed by atoms with Gasteiger partial charge in [-0.1, -0.05) is 12.1 Å². The summed E-state index contributed by atoms with van der Waals surface area (Å²) in [5.41, 5.74) is 1.56. The number of hydrogen-bond donors (Lipinski definition) is 2. The first-order chi connectivity index (χ1) is 8.18. The number of aromatic hydroxyl groups is 1. The van der Waals surface area contributed by atoms with Crippen LogP contribution in [0.5, 0.6) is 5.75 Å². The fourth-order valence-corrected chi connectivity index (χ4v) is 2.71. The normalized spacial score (nSPS) is 19.2. The zero-order valence-corrected chi connectivity index (χ0v) is 9.26. The van der Waals surface area contributed by atoms with Crippen molar-refractivity contribution in [2.24, 2.45) is 0 Å². The van der Waals surface area contributed by atoms with Gasteiger partial charge in [0.2, 0.25) is 0 Å². The lowest BCUT2D eigenvalue weighted by molar-refractivity contribution is -0.139. The smallest absolute Gasteiger partial charge is 0.312 e. The molecule has 4 heteroatoms. The van der Waals surface area contributed by atoms with Crippen molar-refractivity contribution in [3.05, 3.63) is 30.0 Å². The average molecular weight is 231 g/mol. The van der Waals surface area contributed by atoms with E-state index in [2.05, 4.69) is 0 Å². The number of benzene rings is 1. The third kappa shape index (κ3) is 1.40. The molecule has 88 valence electrons. The second-order valence-electron chi connectivity index (χ2n) is 4.47. The molecule has 4 nitrogen and oxygen atoms in total. The Balaban J connectivity index is 2.29. The summed E-state index contributed by atoms with van der Waals surface area (Å²) in [4.78, 5) is 11.2. The van der Waals surface area contributed by atoms with Gasteiger partial charge in [0.1, 0.15) is 5.75 Å². The Hall–Kier alpha value is -1.97. The molecule has 0 radical (unpaired) electrons. The summed E-state index contributed by atoms with van der Waals surface area (Å²) in [6, 6.07) is 7.20. The van der Waals surface area contributed by atoms with E-state index >= 15 is 0 Å². The molecule has 0 amide bonds. The van der Waals surface area contributed by atoms with Crippen LogP contribution in [-0.4, -0.2) is 20.7 Å². The number of para-hydroxylation sites is 1. The van der Waals surface area contributed by atoms with Crippen LogP contribution in [0.3, 0.4) is 0 Å². The van der Waals surface area contributed by atoms with Gasteiger partial charge in [0.25, 0.3) is 0 Å². The van der Waals surface area contributed by atoms with E-state index in [0.717, 1.165) is 29.6 Å². The van der Waals surface area contributed by atoms with E-state index in [1.807, 2.05) is 16.7 Å². The number of aliphatic carboxylic acids is 1. The van der Waals surface area contributed by atoms with Gasteiger partial charge in [-0.25, -0.2) is 0 Å². The molecule has 1 unspecified atom stereocenters. The summed E-state index contributed by atoms with van der Waals surface area (Å²) in [6.45, 7) is 0.778. The minimum atomic E-state index is -0.784. The maximum atomic E-state index is 11.2. The zero-order chi connectivity index (χ0) is 12.0. The van der Waals surface area contributed by atoms with Crippen LogP contribution in [0.2, 0.25) is 0 Å². The highest BCUT2D eigenvalue weighted by Gasteiger charge is 2.28. The first-order valence-electron chi connectivity index (χ1n) is 5.72. The lowest BCUT2D eigenvalue weighted by Gasteiger charge is -2.22. The Morgan fingerprint density at radius 3 is 3.00 bits per heavy atom. The molecule has 1 aliphatic rings. The molecule has 0 spiro atoms. The third-order valence-electron chi connectivity index (χ3n) is 3.46. The Labute approximate surface area is 98.1 Å². The molecule has 2 aromatic rings. The molecule has 0 fully saturated rings. The standard InChI is InChI=1S/C13H13NO3/c15-11-5-1-3-8-7-10-9(13(16)17)4-2-6-14(10)12(8)11/h1,3,5,7,9,15H,2,4,6H2,(H,16,17). The molecule has 17 heavy (non-hydrogen) atoms. The van der Waals surface area contributed by atoms with Crippen molar-refractivity contribution in [1.82, 2.24) is 4.57 Å². The minimum Gasteiger partial charge on any atom is -0.506 e. The van der Waals surface area contributed by atoms with E-state index in [9.17, 15) is 15.0 Å². The van der Waals surface area contributed by atoms with Crippen molar-refractivity contribution in [1.29, 1.82) is 0 Å². The predicted octanol–water partition coefficient (Wildman–Crippen LogP) is 2.31. The summed E-state index contributed by atoms with van der Waals surface area (Å²) in [7, 11) is 0. The van der Waals surface area contributed by atoms with Crippen LogP contribution >= 0.6 is 0 Å². The van der Waals surface area contributed by atoms with Gasteiger partial charge in [0.15, 0.2) is 0 Å². The lowest BCUT2D eigenvalue weighted by Crippen LogP contribution is -2.21. The molecule has 0 saturated heterocycles. The van der Waals surface area contributed by atoms with Crippen molar-refractivity contribution in [3.63, 3.8) is 0 Å². The molecule has 2 heterocycles. The van der Waals surface area contributed by atoms with Gasteiger partial charge >= 0.3 is 5.97 Å². The number of aromatic nitrogens is 1. The number of nitrogens with zero attached hydrogens (tertiary/aromatic N) is 1. The summed E-state index contributed by atoms with van der Waals surface area (Å²) in [5.74, 6) is -1.01. The fraction of sp³-hybridized carbons (Fsp3) is 0.308. The number of carboxylic acids is 1. The average Bonchev–Trinajstić information content (AvgIpc) is 2.67. The molecular weight excluding hydrogens is 218 g/mol. The van der Waals surface area contributed by atoms with Crippen molar-refractivity contribution >= 4 is 16.9 Å². The number of phenols is 1. The van der Waals surface area contributed by atoms with Crippen LogP contribution < -0.4 is 0 Å². The first-order valence-corrected chi connectivity index (χ1v) is 5.72. The van der Waals surface area contributed by atoms with E-state index in [4.69, 9.17) is 0 Å². The SMILES string of the molecule is O=C(O)C1CCCn2c1cc1cccc(O)c12. The monoisotopic (exact) mass is 231 g/mol. The second kappa shape index (κ2) is 3.52. The maximum absolute atomic E-state index is 11.2. The van der Waals surface area contributed by atoms with Gasteiger partial charge in [-0.05, 0) is 25.0 Å². The minimum absolute atomic E-state index is 0.222. The molecule has 1 aromatic heterocycles. The van der Waals surface area contributed by atoms with Crippen LogP contribution in [0.25, 0.3) is 10.9 Å². The van der Waals surface area contributed by atoms with Gasteiger partial charge in [-0.2, -0.15) is 0 Å². The molecule has 1 aromatic carbocycles. The molecule has 3 rings (SSSR count). The maximum Gasteiger partial charge on any atom is 0.312 e. The zero-order valence-electron chi connectivity index (χ0n) is 9.26. The topological polar surface area (TPSA) is 62.5 Å². The fourth-order valence-electron chi connectivity index (χ4n) is 2.71. The summed E-state index contributed by atoms with van der Waals surface area (Å²) in [5, 5.41) is 20.0. The number of aryl methyl sites for hydroxylation is 1. The highest BCUT2D eigenvalue weighted by Crippen LogP contribution is 2.36. The van der Waals surface area contributed by atoms with Crippen LogP contribution in [-0.2, 0) is 11.3 Å². The van der Waals surface area contributed by atoms with Crippen LogP contribution in [0.15, 0.2) is 24.3 Å². The molecule has 0 aliphatic carbocycles. The van der Waals surface area contributed by atoms with Gasteiger partial charge in [0.05, 0.1) is 11.4 Å². The molecule has 1 aliphatic heterocycles. The highest BCUT2D eigenvalue weighted by molar-refractivity contribution is 5.89. The summed E-state index contributed by atoms with van der Waals surface area (Å²) < 4.78 is 1.94. The van der Waals surface area contributed by atoms with Crippen molar-refractivity contribution < 1.29 is 15.0 Å². The Bertz CT molecular complexity index is 600. The van der Waals surface area contributed by atoms with Gasteiger partial charge in [-0.3, -0.25) is 4.79 Å². The van der Waals surface area contributed by atoms with Crippen LogP contribution in [0, 0.1) is 0 Å². The molecule has 2 N–H and O–H groups in total. The molecule has 0 saturated carbocycles. The van der Waals surface area contributed by atoms with E-state index in [0.29, 0.717) is 6.42 Å². The predicted molar refractivity (Wildman–Crippen MR) is 63.2 cm³/mol. The number of hydrogen-bond acceptors (Lipinski definition) is 2. The van der Waals surface area contributed by atoms with Crippen LogP contribution in [0.4, 0.5) is 0 Å². The van der Waals surface area contributed by atoms with Crippen molar-refractivity contribution in [2.75, 3.05) is 0 Å². The molecular formula is C13H13NO3. The summed E-state index contributed by atoms with van der Waals surface area (Å²) >= 11 is 0. The van der Waals surface area contributed by atoms with E-state index in [1.54, 1.807) is 12.1 Å². The number of fused-ring (bicyclic) bond motifs is 3. The largest absolute Gasteiger partial charge is 0.506 e. The Kier molecular flexibility index (Phi) is 2.11. The first kappa shape index (κ1) is 10.2. The Morgan fingerprint density at radius 1 is 1.41 bits per heavy atom. The van der Waals surface area contributed by atoms with E-state index in [1.165, 1.54) is 0 Å². The van der Waals surface area contributed by atoms with Crippen molar-refractivity contribution in [3.8, 4) is 5.75 Å². The number of phenolic OH excluding ortho intramolecular Hbond substituents is 1. The quantitative estimate of drug-likeness (QED) is 0.791. The van der Waals surface area contributed by atoms with Gasteiger partial charge < -0.3 is 14.8 Å². The van der Waals surface area contributed by atoms with Crippen molar-refractivity contribution in [2.45, 2.75) is 25.3 Å². The molecule has 1 atom stereocenters. The highest BCUT2D eigenvalue weighted by atomic mass is 16.4. The summed E-state index contributed by atoms with van der Waals surface area (Å²) in [6.07, 6.45) is 1.51. The van der Waals surface area contributed by atoms with Gasteiger partial charge in [-0.15, -0.1) is 0 Å². The Morgan fingerprint density at radius 2 is 2.24 bits per heavy atom. The molecule has 0 bridgehead atoms. The van der Waals surface area contributed by atoms with E-state index in [-0.39, 0.29) is 5.75 Å². The van der Waals surface area contributed by atoms with Gasteiger partial charge in [0, 0.05) is 17.6 Å². The second-order valence-corrected chi connectivity index (χ2v) is 4.47. The number of carbonyl (C=O) groups is 1. The number of carboxylic acid groups (broad SMARTS) is 1. The number of rotatable bonds is 1. The van der Waals surface area contributed by atoms with E-state index < -0.39 is 11.9 Å². The van der Waals surface area contributed by atoms with Crippen LogP contribution in [0.1, 0.15) is 24.5 Å².